The van der Waals surface area contributed by atoms with Crippen LogP contribution in [0.3, 0.4) is 0 Å². The van der Waals surface area contributed by atoms with Crippen molar-refractivity contribution in [2.24, 2.45) is 0 Å². The Morgan fingerprint density at radius 1 is 0.976 bits per heavy atom. The number of aromatic nitrogens is 4. The number of piperazine rings is 1. The molecule has 3 N–H and O–H groups in total. The van der Waals surface area contributed by atoms with Crippen molar-refractivity contribution in [1.29, 1.82) is 0 Å². The number of rotatable bonds is 6. The molecule has 6 rings (SSSR count). The molecule has 0 bridgehead atoms. The molecule has 2 saturated heterocycles. The molecule has 42 heavy (non-hydrogen) atoms. The second-order valence-corrected chi connectivity index (χ2v) is 10.3. The summed E-state index contributed by atoms with van der Waals surface area (Å²) < 4.78 is 5.49. The Kier molecular flexibility index (Phi) is 7.97. The normalized spacial score (nSPS) is 17.2. The van der Waals surface area contributed by atoms with Gasteiger partial charge in [0.1, 0.15) is 0 Å². The van der Waals surface area contributed by atoms with Crippen molar-refractivity contribution in [1.82, 2.24) is 29.7 Å². The number of nitrogens with two attached hydrogens (primary N) is 1. The number of benzene rings is 1. The molecule has 0 radical (unpaired) electrons. The molecular weight excluding hydrogens is 540 g/mol. The number of fused-ring (bicyclic) bond motifs is 1. The lowest BCUT2D eigenvalue weighted by Gasteiger charge is -2.34. The summed E-state index contributed by atoms with van der Waals surface area (Å²) in [5.41, 5.74) is 9.00. The fourth-order valence-electron chi connectivity index (χ4n) is 5.30. The van der Waals surface area contributed by atoms with E-state index in [0.29, 0.717) is 86.6 Å². The van der Waals surface area contributed by atoms with E-state index in [4.69, 9.17) is 25.3 Å². The van der Waals surface area contributed by atoms with Crippen LogP contribution >= 0.6 is 0 Å². The van der Waals surface area contributed by atoms with E-state index in [1.54, 1.807) is 36.7 Å². The summed E-state index contributed by atoms with van der Waals surface area (Å²) in [5, 5.41) is 4.23. The van der Waals surface area contributed by atoms with Crippen molar-refractivity contribution in [2.45, 2.75) is 13.3 Å². The number of hydrogen-bond donors (Lipinski definition) is 2. The molecule has 14 heteroatoms. The molecule has 1 aromatic carbocycles. The van der Waals surface area contributed by atoms with Gasteiger partial charge in [-0.25, -0.2) is 19.7 Å². The molecule has 2 fully saturated rings. The number of nitrogen functional groups attached to an aromatic ring is 1. The second kappa shape index (κ2) is 12.1. The highest BCUT2D eigenvalue weighted by molar-refractivity contribution is 5.95. The maximum absolute atomic E-state index is 12.9. The Morgan fingerprint density at radius 2 is 1.69 bits per heavy atom. The van der Waals surface area contributed by atoms with Crippen LogP contribution in [-0.4, -0.2) is 107 Å². The summed E-state index contributed by atoms with van der Waals surface area (Å²) in [5.74, 6) is 1.19. The number of hydrogen-bond acceptors (Lipinski definition) is 12. The van der Waals surface area contributed by atoms with Crippen molar-refractivity contribution < 1.29 is 19.2 Å². The van der Waals surface area contributed by atoms with Crippen LogP contribution in [0.1, 0.15) is 22.8 Å². The number of amides is 2. The molecule has 0 aliphatic carbocycles. The topological polar surface area (TPSA) is 155 Å². The third-order valence-electron chi connectivity index (χ3n) is 7.69. The molecule has 0 unspecified atom stereocenters. The molecule has 3 aliphatic rings. The van der Waals surface area contributed by atoms with Crippen LogP contribution in [-0.2, 0) is 16.0 Å². The van der Waals surface area contributed by atoms with Gasteiger partial charge in [-0.3, -0.25) is 10.1 Å². The van der Waals surface area contributed by atoms with Crippen LogP contribution in [0.15, 0.2) is 36.7 Å². The third kappa shape index (κ3) is 5.90. The summed E-state index contributed by atoms with van der Waals surface area (Å²) in [6.45, 7) is 9.13. The zero-order valence-electron chi connectivity index (χ0n) is 23.5. The molecule has 3 aromatic rings. The predicted molar refractivity (Wildman–Crippen MR) is 156 cm³/mol. The van der Waals surface area contributed by atoms with E-state index in [1.807, 2.05) is 9.80 Å². The smallest absolute Gasteiger partial charge is 0.378 e. The highest BCUT2D eigenvalue weighted by atomic mass is 16.7. The minimum Gasteiger partial charge on any atom is -0.378 e. The first-order chi connectivity index (χ1) is 20.5. The van der Waals surface area contributed by atoms with Gasteiger partial charge in [0.15, 0.2) is 5.82 Å². The van der Waals surface area contributed by atoms with Gasteiger partial charge in [-0.15, -0.1) is 0 Å². The Balaban J connectivity index is 1.15. The Morgan fingerprint density at radius 3 is 2.38 bits per heavy atom. The summed E-state index contributed by atoms with van der Waals surface area (Å²) in [7, 11) is 0. The van der Waals surface area contributed by atoms with E-state index >= 15 is 0 Å². The van der Waals surface area contributed by atoms with E-state index in [-0.39, 0.29) is 11.9 Å². The first-order valence-corrected chi connectivity index (χ1v) is 14.2. The molecule has 5 heterocycles. The van der Waals surface area contributed by atoms with Crippen molar-refractivity contribution in [3.8, 4) is 11.3 Å². The maximum Gasteiger partial charge on any atom is 0.436 e. The first kappa shape index (κ1) is 27.6. The number of hydroxylamine groups is 1. The molecule has 2 aromatic heterocycles. The molecule has 14 nitrogen and oxygen atoms in total. The predicted octanol–water partition coefficient (Wildman–Crippen LogP) is 1.66. The molecule has 0 atom stereocenters. The summed E-state index contributed by atoms with van der Waals surface area (Å²) >= 11 is 0. The third-order valence-corrected chi connectivity index (χ3v) is 7.69. The summed E-state index contributed by atoms with van der Waals surface area (Å²) in [6.07, 6.45) is 3.16. The van der Waals surface area contributed by atoms with E-state index in [2.05, 4.69) is 27.1 Å². The molecule has 0 spiro atoms. The molecular formula is C28H34N10O4. The zero-order chi connectivity index (χ0) is 29.1. The monoisotopic (exact) mass is 574 g/mol. The van der Waals surface area contributed by atoms with Crippen molar-refractivity contribution in [3.63, 3.8) is 0 Å². The minimum atomic E-state index is -0.665. The fourth-order valence-corrected chi connectivity index (χ4v) is 5.30. The van der Waals surface area contributed by atoms with Crippen LogP contribution in [0, 0.1) is 0 Å². The highest BCUT2D eigenvalue weighted by Crippen LogP contribution is 2.35. The maximum atomic E-state index is 12.9. The summed E-state index contributed by atoms with van der Waals surface area (Å²) in [6, 6.07) is 6.84. The van der Waals surface area contributed by atoms with E-state index in [9.17, 15) is 9.59 Å². The number of nitrogens with one attached hydrogen (secondary N) is 1. The SMILES string of the molecule is CCN1CCN(C(=O)c2ccc(NC(=O)ON3CCc4c(-c5cnc(N)nc5)nc(N5CCOCC5)nc43)cc2)CC1. The standard InChI is InChI=1S/C28H34N10O4/c1-2-35-9-11-36(12-10-35)25(39)19-3-5-21(6-4-19)32-28(40)42-38-8-7-22-23(20-17-30-26(29)31-18-20)33-27(34-24(22)38)37-13-15-41-16-14-37/h3-6,17-18H,2,7-16H2,1H3,(H,32,40)(H2,29,30,31). The van der Waals surface area contributed by atoms with Gasteiger partial charge in [-0.1, -0.05) is 6.92 Å². The Labute approximate surface area is 243 Å². The molecule has 2 amide bonds. The quantitative estimate of drug-likeness (QED) is 0.440. The van der Waals surface area contributed by atoms with Gasteiger partial charge in [-0.2, -0.15) is 10.0 Å². The second-order valence-electron chi connectivity index (χ2n) is 10.3. The highest BCUT2D eigenvalue weighted by Gasteiger charge is 2.31. The largest absolute Gasteiger partial charge is 0.436 e. The molecule has 0 saturated carbocycles. The van der Waals surface area contributed by atoms with Gasteiger partial charge in [0.25, 0.3) is 5.91 Å². The van der Waals surface area contributed by atoms with Gasteiger partial charge < -0.3 is 30.0 Å². The van der Waals surface area contributed by atoms with Gasteiger partial charge in [0, 0.05) is 74.0 Å². The van der Waals surface area contributed by atoms with Crippen LogP contribution < -0.4 is 21.0 Å². The number of nitrogens with zero attached hydrogens (tertiary/aromatic N) is 8. The summed E-state index contributed by atoms with van der Waals surface area (Å²) in [4.78, 5) is 55.6. The van der Waals surface area contributed by atoms with Crippen molar-refractivity contribution in [2.75, 3.05) is 86.6 Å². The van der Waals surface area contributed by atoms with Crippen LogP contribution in [0.25, 0.3) is 11.3 Å². The van der Waals surface area contributed by atoms with Crippen LogP contribution in [0.4, 0.5) is 28.2 Å². The lowest BCUT2D eigenvalue weighted by atomic mass is 10.1. The lowest BCUT2D eigenvalue weighted by molar-refractivity contribution is 0.0643. The average molecular weight is 575 g/mol. The van der Waals surface area contributed by atoms with E-state index in [0.717, 1.165) is 25.2 Å². The van der Waals surface area contributed by atoms with Crippen molar-refractivity contribution >= 4 is 35.4 Å². The first-order valence-electron chi connectivity index (χ1n) is 14.2. The number of carbonyl (C=O) groups excluding carboxylic acids is 2. The van der Waals surface area contributed by atoms with Crippen LogP contribution in [0.5, 0.6) is 0 Å². The zero-order valence-corrected chi connectivity index (χ0v) is 23.5. The van der Waals surface area contributed by atoms with Crippen LogP contribution in [0.2, 0.25) is 0 Å². The van der Waals surface area contributed by atoms with Crippen molar-refractivity contribution in [3.05, 3.63) is 47.8 Å². The number of morpholine rings is 1. The fraction of sp³-hybridized carbons (Fsp3) is 0.429. The number of ether oxygens (including phenoxy) is 1. The number of anilines is 4. The molecule has 3 aliphatic heterocycles. The van der Waals surface area contributed by atoms with E-state index < -0.39 is 6.09 Å². The Bertz CT molecular complexity index is 1420. The van der Waals surface area contributed by atoms with Gasteiger partial charge in [0.05, 0.1) is 25.5 Å². The molecule has 220 valence electrons. The lowest BCUT2D eigenvalue weighted by Crippen LogP contribution is -2.48. The number of carbonyl (C=O) groups is 2. The van der Waals surface area contributed by atoms with E-state index in [1.165, 1.54) is 5.06 Å². The number of likely N-dealkylation sites (N-methyl/N-ethyl adjacent to an activating group) is 1. The Hall–Kier alpha value is -4.56. The van der Waals surface area contributed by atoms with Gasteiger partial charge in [-0.05, 0) is 37.2 Å². The average Bonchev–Trinajstić information content (AvgIpc) is 3.43. The van der Waals surface area contributed by atoms with Gasteiger partial charge in [0.2, 0.25) is 11.9 Å². The minimum absolute atomic E-state index is 0.00776. The van der Waals surface area contributed by atoms with Gasteiger partial charge >= 0.3 is 6.09 Å².